The zero-order chi connectivity index (χ0) is 13.7. The molecule has 0 bridgehead atoms. The molecule has 0 aliphatic rings. The maximum absolute atomic E-state index is 6.25. The van der Waals surface area contributed by atoms with Crippen molar-refractivity contribution in [3.63, 3.8) is 0 Å². The molecule has 100 valence electrons. The number of hydrogen-bond acceptors (Lipinski definition) is 3. The van der Waals surface area contributed by atoms with Crippen LogP contribution in [0.3, 0.4) is 0 Å². The van der Waals surface area contributed by atoms with E-state index >= 15 is 0 Å². The number of nitrogens with two attached hydrogens (primary N) is 1. The van der Waals surface area contributed by atoms with Crippen LogP contribution in [0.4, 0.5) is 0 Å². The molecule has 0 aliphatic carbocycles. The Labute approximate surface area is 123 Å². The molecule has 19 heavy (non-hydrogen) atoms. The van der Waals surface area contributed by atoms with E-state index in [1.54, 1.807) is 18.0 Å². The van der Waals surface area contributed by atoms with Crippen molar-refractivity contribution >= 4 is 23.4 Å². The van der Waals surface area contributed by atoms with Crippen LogP contribution in [-0.4, -0.2) is 11.0 Å². The van der Waals surface area contributed by atoms with Crippen LogP contribution in [-0.2, 0) is 0 Å². The maximum Gasteiger partial charge on any atom is 0.0510 e. The Bertz CT molecular complexity index is 501. The Morgan fingerprint density at radius 1 is 1.26 bits per heavy atom. The quantitative estimate of drug-likeness (QED) is 0.835. The molecule has 2 unspecified atom stereocenters. The third-order valence-electron chi connectivity index (χ3n) is 2.95. The normalized spacial score (nSPS) is 14.1. The second kappa shape index (κ2) is 6.94. The van der Waals surface area contributed by atoms with Crippen molar-refractivity contribution in [2.75, 3.05) is 0 Å². The number of pyridine rings is 1. The van der Waals surface area contributed by atoms with Crippen molar-refractivity contribution in [3.8, 4) is 0 Å². The van der Waals surface area contributed by atoms with Crippen molar-refractivity contribution in [3.05, 3.63) is 59.4 Å². The Hall–Kier alpha value is -1.03. The average molecular weight is 293 g/mol. The SMILES string of the molecule is CCC(N)C(Sc1ccc(Cl)cc1)c1cccnc1. The minimum absolute atomic E-state index is 0.102. The van der Waals surface area contributed by atoms with Gasteiger partial charge in [-0.1, -0.05) is 24.6 Å². The largest absolute Gasteiger partial charge is 0.326 e. The predicted molar refractivity (Wildman–Crippen MR) is 82.6 cm³/mol. The molecular weight excluding hydrogens is 276 g/mol. The summed E-state index contributed by atoms with van der Waals surface area (Å²) in [5, 5.41) is 0.960. The minimum atomic E-state index is 0.102. The lowest BCUT2D eigenvalue weighted by Crippen LogP contribution is -2.25. The van der Waals surface area contributed by atoms with Crippen molar-refractivity contribution in [1.29, 1.82) is 0 Å². The van der Waals surface area contributed by atoms with Crippen LogP contribution in [0.15, 0.2) is 53.7 Å². The van der Waals surface area contributed by atoms with E-state index in [2.05, 4.69) is 18.0 Å². The van der Waals surface area contributed by atoms with Crippen molar-refractivity contribution < 1.29 is 0 Å². The molecule has 0 saturated carbocycles. The zero-order valence-corrected chi connectivity index (χ0v) is 12.4. The first-order valence-corrected chi connectivity index (χ1v) is 7.54. The van der Waals surface area contributed by atoms with Crippen LogP contribution in [0.25, 0.3) is 0 Å². The monoisotopic (exact) mass is 292 g/mol. The molecule has 1 aromatic heterocycles. The zero-order valence-electron chi connectivity index (χ0n) is 10.8. The first-order valence-electron chi connectivity index (χ1n) is 6.28. The highest BCUT2D eigenvalue weighted by Crippen LogP contribution is 2.38. The standard InChI is InChI=1S/C15H17ClN2S/c1-2-14(17)15(11-4-3-9-18-10-11)19-13-7-5-12(16)6-8-13/h3-10,14-15H,2,17H2,1H3. The second-order valence-corrected chi connectivity index (χ2v) is 6.00. The van der Waals surface area contributed by atoms with Gasteiger partial charge in [-0.15, -0.1) is 11.8 Å². The van der Waals surface area contributed by atoms with Crippen LogP contribution >= 0.6 is 23.4 Å². The first kappa shape index (κ1) is 14.4. The van der Waals surface area contributed by atoms with Gasteiger partial charge in [0.05, 0.1) is 5.25 Å². The average Bonchev–Trinajstić information content (AvgIpc) is 2.47. The summed E-state index contributed by atoms with van der Waals surface area (Å²) in [7, 11) is 0. The summed E-state index contributed by atoms with van der Waals surface area (Å²) in [5.74, 6) is 0. The van der Waals surface area contributed by atoms with Gasteiger partial charge in [0.25, 0.3) is 0 Å². The van der Waals surface area contributed by atoms with Gasteiger partial charge in [-0.2, -0.15) is 0 Å². The van der Waals surface area contributed by atoms with Crippen LogP contribution in [0.1, 0.15) is 24.2 Å². The molecule has 0 radical (unpaired) electrons. The summed E-state index contributed by atoms with van der Waals surface area (Å²) >= 11 is 7.67. The smallest absolute Gasteiger partial charge is 0.0510 e. The van der Waals surface area contributed by atoms with Gasteiger partial charge in [0.15, 0.2) is 0 Å². The van der Waals surface area contributed by atoms with Gasteiger partial charge in [-0.25, -0.2) is 0 Å². The maximum atomic E-state index is 6.25. The van der Waals surface area contributed by atoms with Crippen molar-refractivity contribution in [1.82, 2.24) is 4.98 Å². The van der Waals surface area contributed by atoms with Crippen molar-refractivity contribution in [2.24, 2.45) is 5.73 Å². The van der Waals surface area contributed by atoms with E-state index < -0.39 is 0 Å². The summed E-state index contributed by atoms with van der Waals surface area (Å²) in [6.07, 6.45) is 4.61. The molecule has 2 N–H and O–H groups in total. The summed E-state index contributed by atoms with van der Waals surface area (Å²) in [4.78, 5) is 5.36. The fourth-order valence-electron chi connectivity index (χ4n) is 1.82. The van der Waals surface area contributed by atoms with E-state index in [-0.39, 0.29) is 11.3 Å². The number of rotatable bonds is 5. The molecule has 4 heteroatoms. The van der Waals surface area contributed by atoms with Gasteiger partial charge in [0.1, 0.15) is 0 Å². The van der Waals surface area contributed by atoms with Gasteiger partial charge in [-0.05, 0) is 42.3 Å². The van der Waals surface area contributed by atoms with Crippen LogP contribution < -0.4 is 5.73 Å². The molecule has 0 fully saturated rings. The number of nitrogens with zero attached hydrogens (tertiary/aromatic N) is 1. The van der Waals surface area contributed by atoms with E-state index in [1.165, 1.54) is 4.90 Å². The van der Waals surface area contributed by atoms with E-state index in [0.717, 1.165) is 17.0 Å². The Kier molecular flexibility index (Phi) is 5.25. The minimum Gasteiger partial charge on any atom is -0.326 e. The van der Waals surface area contributed by atoms with Gasteiger partial charge in [0.2, 0.25) is 0 Å². The highest BCUT2D eigenvalue weighted by atomic mass is 35.5. The molecule has 0 saturated heterocycles. The van der Waals surface area contributed by atoms with E-state index in [4.69, 9.17) is 17.3 Å². The molecule has 2 rings (SSSR count). The Morgan fingerprint density at radius 3 is 2.58 bits per heavy atom. The van der Waals surface area contributed by atoms with Gasteiger partial charge < -0.3 is 5.73 Å². The van der Waals surface area contributed by atoms with E-state index in [1.807, 2.05) is 36.5 Å². The highest BCUT2D eigenvalue weighted by molar-refractivity contribution is 7.99. The van der Waals surface area contributed by atoms with Gasteiger partial charge in [0, 0.05) is 28.4 Å². The van der Waals surface area contributed by atoms with Crippen LogP contribution in [0, 0.1) is 0 Å². The van der Waals surface area contributed by atoms with E-state index in [9.17, 15) is 0 Å². The molecule has 0 spiro atoms. The molecular formula is C15H17ClN2S. The molecule has 0 aliphatic heterocycles. The fourth-order valence-corrected chi connectivity index (χ4v) is 3.18. The number of hydrogen-bond donors (Lipinski definition) is 1. The first-order chi connectivity index (χ1) is 9.20. The number of halogens is 1. The lowest BCUT2D eigenvalue weighted by atomic mass is 10.1. The summed E-state index contributed by atoms with van der Waals surface area (Å²) in [5.41, 5.74) is 7.42. The third kappa shape index (κ3) is 3.96. The molecule has 2 aromatic rings. The molecule has 1 heterocycles. The van der Waals surface area contributed by atoms with Gasteiger partial charge >= 0.3 is 0 Å². The second-order valence-electron chi connectivity index (χ2n) is 4.35. The summed E-state index contributed by atoms with van der Waals surface area (Å²) in [6.45, 7) is 2.11. The molecule has 1 aromatic carbocycles. The molecule has 2 atom stereocenters. The lowest BCUT2D eigenvalue weighted by Gasteiger charge is -2.22. The Morgan fingerprint density at radius 2 is 2.00 bits per heavy atom. The summed E-state index contributed by atoms with van der Waals surface area (Å²) in [6, 6.07) is 12.0. The predicted octanol–water partition coefficient (Wildman–Crippen LogP) is 4.31. The number of benzene rings is 1. The molecule has 2 nitrogen and oxygen atoms in total. The number of aromatic nitrogens is 1. The topological polar surface area (TPSA) is 38.9 Å². The summed E-state index contributed by atoms with van der Waals surface area (Å²) < 4.78 is 0. The van der Waals surface area contributed by atoms with Crippen molar-refractivity contribution in [2.45, 2.75) is 29.5 Å². The van der Waals surface area contributed by atoms with Gasteiger partial charge in [-0.3, -0.25) is 4.98 Å². The van der Waals surface area contributed by atoms with Crippen LogP contribution in [0.2, 0.25) is 5.02 Å². The third-order valence-corrected chi connectivity index (χ3v) is 4.62. The molecule has 0 amide bonds. The fraction of sp³-hybridized carbons (Fsp3) is 0.267. The Balaban J connectivity index is 2.21. The van der Waals surface area contributed by atoms with Crippen LogP contribution in [0.5, 0.6) is 0 Å². The van der Waals surface area contributed by atoms with E-state index in [0.29, 0.717) is 0 Å². The highest BCUT2D eigenvalue weighted by Gasteiger charge is 2.20. The lowest BCUT2D eigenvalue weighted by molar-refractivity contribution is 0.633. The number of thioether (sulfide) groups is 1.